The van der Waals surface area contributed by atoms with Gasteiger partial charge in [0.05, 0.1) is 4.47 Å². The zero-order valence-corrected chi connectivity index (χ0v) is 11.5. The summed E-state index contributed by atoms with van der Waals surface area (Å²) in [4.78, 5) is 0. The summed E-state index contributed by atoms with van der Waals surface area (Å²) in [7, 11) is -2.51. The fourth-order valence-corrected chi connectivity index (χ4v) is 2.32. The quantitative estimate of drug-likeness (QED) is 0.887. The summed E-state index contributed by atoms with van der Waals surface area (Å²) in [6, 6.07) is 4.31. The molecule has 18 heavy (non-hydrogen) atoms. The van der Waals surface area contributed by atoms with E-state index in [2.05, 4.69) is 26.1 Å². The van der Waals surface area contributed by atoms with Crippen LogP contribution in [0.3, 0.4) is 0 Å². The molecule has 0 bridgehead atoms. The predicted octanol–water partition coefficient (Wildman–Crippen LogP) is 1.03. The first-order valence-corrected chi connectivity index (χ1v) is 7.02. The van der Waals surface area contributed by atoms with Gasteiger partial charge in [-0.05, 0) is 34.1 Å². The zero-order valence-electron chi connectivity index (χ0n) is 9.13. The Kier molecular flexibility index (Phi) is 3.21. The molecule has 2 rings (SSSR count). The maximum Gasteiger partial charge on any atom is 0.273 e. The van der Waals surface area contributed by atoms with E-state index in [9.17, 15) is 12.8 Å². The third kappa shape index (κ3) is 2.28. The lowest BCUT2D eigenvalue weighted by atomic mass is 10.2. The number of nitrogens with zero attached hydrogens (tertiary/aromatic N) is 3. The highest BCUT2D eigenvalue weighted by Crippen LogP contribution is 2.23. The van der Waals surface area contributed by atoms with Crippen molar-refractivity contribution in [1.82, 2.24) is 14.8 Å². The minimum absolute atomic E-state index is 0.213. The van der Waals surface area contributed by atoms with Crippen molar-refractivity contribution in [2.75, 3.05) is 0 Å². The Balaban J connectivity index is 2.59. The topological polar surface area (TPSA) is 90.9 Å². The van der Waals surface area contributed by atoms with Gasteiger partial charge in [-0.2, -0.15) is 0 Å². The van der Waals surface area contributed by atoms with Crippen LogP contribution in [0.5, 0.6) is 0 Å². The van der Waals surface area contributed by atoms with Gasteiger partial charge in [0.15, 0.2) is 5.82 Å². The molecule has 0 radical (unpaired) electrons. The normalized spacial score (nSPS) is 11.8. The summed E-state index contributed by atoms with van der Waals surface area (Å²) >= 11 is 3.02. The van der Waals surface area contributed by atoms with Crippen LogP contribution in [-0.4, -0.2) is 23.2 Å². The van der Waals surface area contributed by atoms with Crippen LogP contribution < -0.4 is 5.14 Å². The van der Waals surface area contributed by atoms with Crippen LogP contribution >= 0.6 is 15.9 Å². The molecule has 0 atom stereocenters. The Morgan fingerprint density at radius 3 is 2.56 bits per heavy atom. The molecule has 0 aliphatic heterocycles. The number of rotatable bonds is 2. The van der Waals surface area contributed by atoms with E-state index in [1.54, 1.807) is 6.07 Å². The van der Waals surface area contributed by atoms with Crippen molar-refractivity contribution in [1.29, 1.82) is 0 Å². The van der Waals surface area contributed by atoms with Gasteiger partial charge in [-0.15, -0.1) is 10.2 Å². The number of hydrogen-bond acceptors (Lipinski definition) is 4. The Morgan fingerprint density at radius 2 is 2.06 bits per heavy atom. The number of sulfonamides is 1. The molecule has 0 aliphatic carbocycles. The lowest BCUT2D eigenvalue weighted by molar-refractivity contribution is 0.580. The molecule has 1 aromatic carbocycles. The van der Waals surface area contributed by atoms with E-state index in [1.165, 1.54) is 23.7 Å². The van der Waals surface area contributed by atoms with E-state index >= 15 is 0 Å². The third-order valence-electron chi connectivity index (χ3n) is 2.27. The van der Waals surface area contributed by atoms with Crippen LogP contribution in [0.15, 0.2) is 27.8 Å². The van der Waals surface area contributed by atoms with Gasteiger partial charge < -0.3 is 0 Å². The van der Waals surface area contributed by atoms with Crippen molar-refractivity contribution in [2.45, 2.75) is 5.16 Å². The molecule has 0 saturated carbocycles. The van der Waals surface area contributed by atoms with Crippen molar-refractivity contribution in [2.24, 2.45) is 12.2 Å². The van der Waals surface area contributed by atoms with E-state index in [-0.39, 0.29) is 11.0 Å². The summed E-state index contributed by atoms with van der Waals surface area (Å²) in [5.74, 6) is -0.266. The van der Waals surface area contributed by atoms with Crippen molar-refractivity contribution in [3.05, 3.63) is 28.5 Å². The average molecular weight is 335 g/mol. The molecule has 0 saturated heterocycles. The van der Waals surface area contributed by atoms with Crippen molar-refractivity contribution in [3.8, 4) is 11.4 Å². The van der Waals surface area contributed by atoms with E-state index in [1.807, 2.05) is 0 Å². The molecule has 2 aromatic rings. The molecule has 0 unspecified atom stereocenters. The van der Waals surface area contributed by atoms with Gasteiger partial charge >= 0.3 is 0 Å². The number of halogens is 2. The summed E-state index contributed by atoms with van der Waals surface area (Å²) in [5.41, 5.74) is 0.403. The van der Waals surface area contributed by atoms with Crippen molar-refractivity contribution < 1.29 is 12.8 Å². The third-order valence-corrected chi connectivity index (χ3v) is 3.77. The number of nitrogens with two attached hydrogens (primary N) is 1. The Labute approximate surface area is 111 Å². The molecule has 0 amide bonds. The van der Waals surface area contributed by atoms with Crippen molar-refractivity contribution in [3.63, 3.8) is 0 Å². The lowest BCUT2D eigenvalue weighted by Crippen LogP contribution is -2.17. The van der Waals surface area contributed by atoms with Crippen LogP contribution in [0, 0.1) is 5.82 Å². The summed E-state index contributed by atoms with van der Waals surface area (Å²) in [6.45, 7) is 0. The molecule has 9 heteroatoms. The van der Waals surface area contributed by atoms with Crippen LogP contribution in [0.2, 0.25) is 0 Å². The van der Waals surface area contributed by atoms with E-state index in [4.69, 9.17) is 5.14 Å². The SMILES string of the molecule is Cn1c(-c2ccc(Br)c(F)c2)nnc1S(N)(=O)=O. The minimum Gasteiger partial charge on any atom is -0.300 e. The molecule has 1 heterocycles. The first kappa shape index (κ1) is 13.1. The first-order chi connectivity index (χ1) is 8.30. The fraction of sp³-hybridized carbons (Fsp3) is 0.111. The van der Waals surface area contributed by atoms with Gasteiger partial charge in [-0.25, -0.2) is 17.9 Å². The monoisotopic (exact) mass is 334 g/mol. The molecular formula is C9H8BrFN4O2S. The number of hydrogen-bond donors (Lipinski definition) is 1. The molecular weight excluding hydrogens is 327 g/mol. The summed E-state index contributed by atoms with van der Waals surface area (Å²) in [6.07, 6.45) is 0. The summed E-state index contributed by atoms with van der Waals surface area (Å²) in [5, 5.41) is 11.8. The zero-order chi connectivity index (χ0) is 13.5. The van der Waals surface area contributed by atoms with Gasteiger partial charge in [0.1, 0.15) is 5.82 Å². The second-order valence-electron chi connectivity index (χ2n) is 3.54. The van der Waals surface area contributed by atoms with Crippen LogP contribution in [-0.2, 0) is 17.1 Å². The Hall–Kier alpha value is -1.32. The van der Waals surface area contributed by atoms with Crippen molar-refractivity contribution >= 4 is 26.0 Å². The molecule has 1 aromatic heterocycles. The minimum atomic E-state index is -3.95. The van der Waals surface area contributed by atoms with E-state index in [0.717, 1.165) is 0 Å². The van der Waals surface area contributed by atoms with Crippen LogP contribution in [0.25, 0.3) is 11.4 Å². The second kappa shape index (κ2) is 4.41. The number of aromatic nitrogens is 3. The van der Waals surface area contributed by atoms with Gasteiger partial charge in [0.2, 0.25) is 0 Å². The molecule has 0 fully saturated rings. The molecule has 0 aliphatic rings. The van der Waals surface area contributed by atoms with Gasteiger partial charge in [0.25, 0.3) is 15.2 Å². The lowest BCUT2D eigenvalue weighted by Gasteiger charge is -2.03. The largest absolute Gasteiger partial charge is 0.300 e. The average Bonchev–Trinajstić information content (AvgIpc) is 2.64. The molecule has 2 N–H and O–H groups in total. The van der Waals surface area contributed by atoms with Crippen LogP contribution in [0.1, 0.15) is 0 Å². The van der Waals surface area contributed by atoms with E-state index in [0.29, 0.717) is 10.0 Å². The predicted molar refractivity (Wildman–Crippen MR) is 65.5 cm³/mol. The Morgan fingerprint density at radius 1 is 1.39 bits per heavy atom. The van der Waals surface area contributed by atoms with Gasteiger partial charge in [-0.3, -0.25) is 4.57 Å². The second-order valence-corrected chi connectivity index (χ2v) is 5.85. The highest BCUT2D eigenvalue weighted by atomic mass is 79.9. The summed E-state index contributed by atoms with van der Waals surface area (Å²) < 4.78 is 37.3. The highest BCUT2D eigenvalue weighted by molar-refractivity contribution is 9.10. The number of benzene rings is 1. The van der Waals surface area contributed by atoms with Crippen LogP contribution in [0.4, 0.5) is 4.39 Å². The molecule has 96 valence electrons. The maximum absolute atomic E-state index is 13.4. The maximum atomic E-state index is 13.4. The van der Waals surface area contributed by atoms with Gasteiger partial charge in [0, 0.05) is 12.6 Å². The Bertz CT molecular complexity index is 713. The molecule has 0 spiro atoms. The molecule has 6 nitrogen and oxygen atoms in total. The van der Waals surface area contributed by atoms with Gasteiger partial charge in [-0.1, -0.05) is 0 Å². The van der Waals surface area contributed by atoms with E-state index < -0.39 is 15.8 Å². The highest BCUT2D eigenvalue weighted by Gasteiger charge is 2.19. The smallest absolute Gasteiger partial charge is 0.273 e. The standard InChI is InChI=1S/C9H8BrFN4O2S/c1-15-8(13-14-9(15)18(12,16)17)5-2-3-6(10)7(11)4-5/h2-4H,1H3,(H2,12,16,17). The first-order valence-electron chi connectivity index (χ1n) is 4.68. The fourth-order valence-electron chi connectivity index (χ4n) is 1.45. The number of primary sulfonamides is 1.